The maximum atomic E-state index is 4.99. The summed E-state index contributed by atoms with van der Waals surface area (Å²) in [7, 11) is 0. The smallest absolute Gasteiger partial charge is 0.194 e. The minimum atomic E-state index is 0.409. The first-order valence-electron chi connectivity index (χ1n) is 10.2. The van der Waals surface area contributed by atoms with E-state index in [2.05, 4.69) is 77.9 Å². The van der Waals surface area contributed by atoms with Gasteiger partial charge in [-0.05, 0) is 31.7 Å². The summed E-state index contributed by atoms with van der Waals surface area (Å²) in [6.45, 7) is 12.6. The van der Waals surface area contributed by atoms with Gasteiger partial charge in [-0.25, -0.2) is 4.98 Å². The molecular formula is C22H33N5. The number of benzene rings is 1. The van der Waals surface area contributed by atoms with E-state index in [0.29, 0.717) is 17.9 Å². The van der Waals surface area contributed by atoms with Crippen LogP contribution in [0.5, 0.6) is 0 Å². The summed E-state index contributed by atoms with van der Waals surface area (Å²) in [6, 6.07) is 9.20. The lowest BCUT2D eigenvalue weighted by Crippen LogP contribution is -2.49. The third-order valence-corrected chi connectivity index (χ3v) is 5.59. The Balaban J connectivity index is 1.71. The van der Waals surface area contributed by atoms with Crippen LogP contribution in [0.2, 0.25) is 0 Å². The van der Waals surface area contributed by atoms with E-state index in [1.807, 2.05) is 12.5 Å². The number of nitrogens with one attached hydrogen (secondary N) is 1. The largest absolute Gasteiger partial charge is 0.357 e. The molecule has 0 radical (unpaired) electrons. The number of likely N-dealkylation sites (tertiary alicyclic amines) is 1. The van der Waals surface area contributed by atoms with Crippen LogP contribution in [0.15, 0.2) is 48.0 Å². The van der Waals surface area contributed by atoms with Gasteiger partial charge >= 0.3 is 0 Å². The van der Waals surface area contributed by atoms with E-state index < -0.39 is 0 Å². The molecule has 0 spiro atoms. The third-order valence-electron chi connectivity index (χ3n) is 5.59. The molecule has 0 bridgehead atoms. The highest BCUT2D eigenvalue weighted by molar-refractivity contribution is 5.80. The quantitative estimate of drug-likeness (QED) is 0.645. The first-order valence-corrected chi connectivity index (χ1v) is 10.2. The van der Waals surface area contributed by atoms with Crippen LogP contribution in [0, 0.1) is 12.8 Å². The molecule has 0 amide bonds. The molecule has 2 aromatic rings. The fourth-order valence-electron chi connectivity index (χ4n) is 3.83. The number of hydrogen-bond donors (Lipinski definition) is 1. The van der Waals surface area contributed by atoms with Gasteiger partial charge in [-0.1, -0.05) is 43.7 Å². The summed E-state index contributed by atoms with van der Waals surface area (Å²) < 4.78 is 2.25. The fraction of sp³-hybridized carbons (Fsp3) is 0.545. The highest BCUT2D eigenvalue weighted by Crippen LogP contribution is 2.27. The molecule has 1 fully saturated rings. The van der Waals surface area contributed by atoms with Crippen LogP contribution in [-0.2, 0) is 0 Å². The van der Waals surface area contributed by atoms with E-state index in [1.165, 1.54) is 17.5 Å². The molecule has 1 saturated heterocycles. The van der Waals surface area contributed by atoms with Crippen LogP contribution in [0.1, 0.15) is 50.3 Å². The number of aliphatic imine (C=N–C) groups is 1. The molecule has 2 heterocycles. The molecule has 3 atom stereocenters. The molecule has 1 aromatic heterocycles. The summed E-state index contributed by atoms with van der Waals surface area (Å²) in [5.74, 6) is 2.09. The molecule has 1 N–H and O–H groups in total. The Kier molecular flexibility index (Phi) is 6.54. The Morgan fingerprint density at radius 2 is 2.26 bits per heavy atom. The normalized spacial score (nSPS) is 21.9. The first-order chi connectivity index (χ1) is 13.1. The van der Waals surface area contributed by atoms with Gasteiger partial charge in [-0.2, -0.15) is 0 Å². The summed E-state index contributed by atoms with van der Waals surface area (Å²) in [4.78, 5) is 11.6. The summed E-state index contributed by atoms with van der Waals surface area (Å²) >= 11 is 0. The number of guanidine groups is 1. The van der Waals surface area contributed by atoms with Crippen molar-refractivity contribution in [1.29, 1.82) is 0 Å². The van der Waals surface area contributed by atoms with Crippen LogP contribution in [0.25, 0.3) is 0 Å². The van der Waals surface area contributed by atoms with E-state index >= 15 is 0 Å². The number of rotatable bonds is 5. The Morgan fingerprint density at radius 3 is 2.96 bits per heavy atom. The average Bonchev–Trinajstić information content (AvgIpc) is 3.20. The van der Waals surface area contributed by atoms with Crippen molar-refractivity contribution < 1.29 is 0 Å². The van der Waals surface area contributed by atoms with Gasteiger partial charge in [0.2, 0.25) is 0 Å². The Bertz CT molecular complexity index is 737. The number of aryl methyl sites for hydroxylation is 1. The Labute approximate surface area is 163 Å². The molecule has 5 heteroatoms. The van der Waals surface area contributed by atoms with Crippen molar-refractivity contribution in [1.82, 2.24) is 19.8 Å². The predicted molar refractivity (Wildman–Crippen MR) is 112 cm³/mol. The maximum absolute atomic E-state index is 4.99. The maximum Gasteiger partial charge on any atom is 0.194 e. The molecule has 1 aliphatic heterocycles. The zero-order valence-corrected chi connectivity index (χ0v) is 17.1. The molecule has 3 rings (SSSR count). The standard InChI is InChI=1S/C22H33N5/c1-5-24-22(25-14-19(4)20-8-6-7-17(2)13-20)26-11-9-18(3)21(15-26)27-12-10-23-16-27/h6-8,10,12-13,16,18-19,21H,5,9,11,14-15H2,1-4H3,(H,24,25). The summed E-state index contributed by atoms with van der Waals surface area (Å²) in [5.41, 5.74) is 2.67. The van der Waals surface area contributed by atoms with Gasteiger partial charge < -0.3 is 14.8 Å². The Hall–Kier alpha value is -2.30. The van der Waals surface area contributed by atoms with E-state index in [4.69, 9.17) is 4.99 Å². The third kappa shape index (κ3) is 4.90. The van der Waals surface area contributed by atoms with Gasteiger partial charge in [0.05, 0.1) is 12.4 Å². The second kappa shape index (κ2) is 9.07. The van der Waals surface area contributed by atoms with Crippen LogP contribution in [-0.4, -0.2) is 46.6 Å². The van der Waals surface area contributed by atoms with Crippen LogP contribution in [0.4, 0.5) is 0 Å². The predicted octanol–water partition coefficient (Wildman–Crippen LogP) is 3.84. The fourth-order valence-corrected chi connectivity index (χ4v) is 3.83. The van der Waals surface area contributed by atoms with Crippen molar-refractivity contribution in [2.75, 3.05) is 26.2 Å². The van der Waals surface area contributed by atoms with E-state index in [-0.39, 0.29) is 0 Å². The molecule has 1 aromatic carbocycles. The highest BCUT2D eigenvalue weighted by atomic mass is 15.3. The topological polar surface area (TPSA) is 45.5 Å². The van der Waals surface area contributed by atoms with Crippen molar-refractivity contribution in [3.8, 4) is 0 Å². The zero-order valence-electron chi connectivity index (χ0n) is 17.1. The SMILES string of the molecule is CCNC(=NCC(C)c1cccc(C)c1)N1CCC(C)C(n2ccnc2)C1. The summed E-state index contributed by atoms with van der Waals surface area (Å²) in [6.07, 6.45) is 7.05. The lowest BCUT2D eigenvalue weighted by atomic mass is 9.93. The lowest BCUT2D eigenvalue weighted by Gasteiger charge is -2.39. The zero-order chi connectivity index (χ0) is 19.2. The van der Waals surface area contributed by atoms with Gasteiger partial charge in [0.15, 0.2) is 5.96 Å². The average molecular weight is 368 g/mol. The Morgan fingerprint density at radius 1 is 1.41 bits per heavy atom. The number of nitrogens with zero attached hydrogens (tertiary/aromatic N) is 4. The molecule has 1 aliphatic rings. The van der Waals surface area contributed by atoms with Crippen molar-refractivity contribution in [2.24, 2.45) is 10.9 Å². The van der Waals surface area contributed by atoms with Crippen LogP contribution in [0.3, 0.4) is 0 Å². The highest BCUT2D eigenvalue weighted by Gasteiger charge is 2.28. The molecule has 0 saturated carbocycles. The molecule has 3 unspecified atom stereocenters. The molecule has 0 aliphatic carbocycles. The minimum Gasteiger partial charge on any atom is -0.357 e. The number of piperidine rings is 1. The van der Waals surface area contributed by atoms with Crippen molar-refractivity contribution in [2.45, 2.75) is 46.1 Å². The monoisotopic (exact) mass is 367 g/mol. The van der Waals surface area contributed by atoms with Gasteiger partial charge in [0.1, 0.15) is 0 Å². The molecule has 146 valence electrons. The van der Waals surface area contributed by atoms with Crippen molar-refractivity contribution >= 4 is 5.96 Å². The second-order valence-corrected chi connectivity index (χ2v) is 7.80. The molecular weight excluding hydrogens is 334 g/mol. The van der Waals surface area contributed by atoms with E-state index in [1.54, 1.807) is 0 Å². The van der Waals surface area contributed by atoms with Crippen LogP contribution < -0.4 is 5.32 Å². The van der Waals surface area contributed by atoms with E-state index in [9.17, 15) is 0 Å². The first kappa shape index (κ1) is 19.5. The summed E-state index contributed by atoms with van der Waals surface area (Å²) in [5, 5.41) is 3.50. The number of aromatic nitrogens is 2. The number of imidazole rings is 1. The van der Waals surface area contributed by atoms with Crippen LogP contribution >= 0.6 is 0 Å². The molecule has 27 heavy (non-hydrogen) atoms. The van der Waals surface area contributed by atoms with Gasteiger partial charge in [-0.15, -0.1) is 0 Å². The minimum absolute atomic E-state index is 0.409. The number of hydrogen-bond acceptors (Lipinski definition) is 2. The van der Waals surface area contributed by atoms with Crippen molar-refractivity contribution in [3.63, 3.8) is 0 Å². The molecule has 5 nitrogen and oxygen atoms in total. The van der Waals surface area contributed by atoms with Crippen molar-refractivity contribution in [3.05, 3.63) is 54.1 Å². The second-order valence-electron chi connectivity index (χ2n) is 7.80. The van der Waals surface area contributed by atoms with Gasteiger partial charge in [0.25, 0.3) is 0 Å². The lowest BCUT2D eigenvalue weighted by molar-refractivity contribution is 0.189. The van der Waals surface area contributed by atoms with E-state index in [0.717, 1.165) is 32.1 Å². The van der Waals surface area contributed by atoms with Gasteiger partial charge in [-0.3, -0.25) is 4.99 Å². The van der Waals surface area contributed by atoms with Gasteiger partial charge in [0, 0.05) is 44.5 Å².